The average molecular weight is 234 g/mol. The first-order chi connectivity index (χ1) is 7.93. The zero-order valence-electron chi connectivity index (χ0n) is 11.2. The van der Waals surface area contributed by atoms with Crippen molar-refractivity contribution in [1.29, 1.82) is 0 Å². The van der Waals surface area contributed by atoms with Gasteiger partial charge in [0.05, 0.1) is 6.61 Å². The Kier molecular flexibility index (Phi) is 4.73. The summed E-state index contributed by atoms with van der Waals surface area (Å²) in [6, 6.07) is 8.47. The summed E-state index contributed by atoms with van der Waals surface area (Å²) in [5, 5.41) is 0. The van der Waals surface area contributed by atoms with E-state index in [-0.39, 0.29) is 11.4 Å². The minimum Gasteiger partial charge on any atom is -0.466 e. The fourth-order valence-corrected chi connectivity index (χ4v) is 1.65. The minimum absolute atomic E-state index is 0.118. The molecule has 0 aliphatic heterocycles. The second kappa shape index (κ2) is 5.85. The Labute approximate surface area is 104 Å². The molecule has 1 aromatic carbocycles. The van der Waals surface area contributed by atoms with Gasteiger partial charge in [0.25, 0.3) is 0 Å². The average Bonchev–Trinajstić information content (AvgIpc) is 2.26. The lowest BCUT2D eigenvalue weighted by Gasteiger charge is -2.19. The summed E-state index contributed by atoms with van der Waals surface area (Å²) in [7, 11) is 0. The van der Waals surface area contributed by atoms with Crippen LogP contribution in [0.15, 0.2) is 24.3 Å². The fraction of sp³-hybridized carbons (Fsp3) is 0.533. The third kappa shape index (κ3) is 4.59. The summed E-state index contributed by atoms with van der Waals surface area (Å²) in [5.41, 5.74) is 2.68. The Hall–Kier alpha value is -1.31. The number of carbonyl (C=O) groups excluding carboxylic acids is 1. The molecule has 94 valence electrons. The van der Waals surface area contributed by atoms with Gasteiger partial charge in [0, 0.05) is 6.42 Å². The van der Waals surface area contributed by atoms with Crippen molar-refractivity contribution in [2.75, 3.05) is 6.61 Å². The highest BCUT2D eigenvalue weighted by molar-refractivity contribution is 5.69. The highest BCUT2D eigenvalue weighted by Crippen LogP contribution is 2.22. The highest BCUT2D eigenvalue weighted by atomic mass is 16.5. The third-order valence-electron chi connectivity index (χ3n) is 2.74. The third-order valence-corrected chi connectivity index (χ3v) is 2.74. The molecule has 17 heavy (non-hydrogen) atoms. The molecule has 0 atom stereocenters. The second-order valence-corrected chi connectivity index (χ2v) is 5.25. The van der Waals surface area contributed by atoms with Crippen molar-refractivity contribution in [1.82, 2.24) is 0 Å². The summed E-state index contributed by atoms with van der Waals surface area (Å²) >= 11 is 0. The van der Waals surface area contributed by atoms with E-state index in [0.717, 1.165) is 6.42 Å². The molecule has 0 aliphatic carbocycles. The molecule has 0 aromatic heterocycles. The molecule has 0 bridgehead atoms. The van der Waals surface area contributed by atoms with Crippen molar-refractivity contribution < 1.29 is 9.53 Å². The molecular formula is C15H22O2. The van der Waals surface area contributed by atoms with Gasteiger partial charge in [0.1, 0.15) is 0 Å². The van der Waals surface area contributed by atoms with Crippen LogP contribution in [0.5, 0.6) is 0 Å². The van der Waals surface area contributed by atoms with Gasteiger partial charge in [-0.3, -0.25) is 4.79 Å². The lowest BCUT2D eigenvalue weighted by molar-refractivity contribution is -0.143. The molecular weight excluding hydrogens is 212 g/mol. The van der Waals surface area contributed by atoms with E-state index in [9.17, 15) is 4.79 Å². The van der Waals surface area contributed by atoms with Gasteiger partial charge in [-0.05, 0) is 29.9 Å². The van der Waals surface area contributed by atoms with E-state index < -0.39 is 0 Å². The Bertz CT molecular complexity index is 358. The topological polar surface area (TPSA) is 26.3 Å². The molecule has 0 spiro atoms. The first kappa shape index (κ1) is 13.8. The quantitative estimate of drug-likeness (QED) is 0.745. The zero-order chi connectivity index (χ0) is 12.9. The molecule has 0 heterocycles. The van der Waals surface area contributed by atoms with Crippen LogP contribution in [0.2, 0.25) is 0 Å². The SMILES string of the molecule is CCOC(=O)CCc1ccc(C(C)(C)C)cc1. The van der Waals surface area contributed by atoms with Crippen molar-refractivity contribution in [3.63, 3.8) is 0 Å². The van der Waals surface area contributed by atoms with Crippen LogP contribution < -0.4 is 0 Å². The number of esters is 1. The lowest BCUT2D eigenvalue weighted by atomic mass is 9.86. The molecule has 2 heteroatoms. The second-order valence-electron chi connectivity index (χ2n) is 5.25. The number of carbonyl (C=O) groups is 1. The van der Waals surface area contributed by atoms with E-state index in [1.807, 2.05) is 6.92 Å². The maximum Gasteiger partial charge on any atom is 0.306 e. The summed E-state index contributed by atoms with van der Waals surface area (Å²) in [4.78, 5) is 11.2. The molecule has 2 nitrogen and oxygen atoms in total. The lowest BCUT2D eigenvalue weighted by Crippen LogP contribution is -2.11. The molecule has 1 rings (SSSR count). The van der Waals surface area contributed by atoms with Crippen LogP contribution >= 0.6 is 0 Å². The number of rotatable bonds is 4. The Morgan fingerprint density at radius 1 is 1.18 bits per heavy atom. The number of hydrogen-bond donors (Lipinski definition) is 0. The number of benzene rings is 1. The van der Waals surface area contributed by atoms with E-state index in [0.29, 0.717) is 13.0 Å². The Balaban J connectivity index is 2.54. The minimum atomic E-state index is -0.118. The van der Waals surface area contributed by atoms with Crippen LogP contribution in [0.4, 0.5) is 0 Å². The predicted octanol–water partition coefficient (Wildman–Crippen LogP) is 3.48. The monoisotopic (exact) mass is 234 g/mol. The van der Waals surface area contributed by atoms with E-state index in [1.165, 1.54) is 11.1 Å². The van der Waals surface area contributed by atoms with Crippen molar-refractivity contribution in [3.8, 4) is 0 Å². The molecule has 0 saturated carbocycles. The fourth-order valence-electron chi connectivity index (χ4n) is 1.65. The predicted molar refractivity (Wildman–Crippen MR) is 70.1 cm³/mol. The van der Waals surface area contributed by atoms with Crippen LogP contribution in [-0.4, -0.2) is 12.6 Å². The van der Waals surface area contributed by atoms with Gasteiger partial charge >= 0.3 is 5.97 Å². The van der Waals surface area contributed by atoms with Crippen LogP contribution in [-0.2, 0) is 21.4 Å². The van der Waals surface area contributed by atoms with Gasteiger partial charge in [0.2, 0.25) is 0 Å². The molecule has 0 radical (unpaired) electrons. The number of aryl methyl sites for hydroxylation is 1. The van der Waals surface area contributed by atoms with E-state index in [4.69, 9.17) is 4.74 Å². The zero-order valence-corrected chi connectivity index (χ0v) is 11.2. The maximum atomic E-state index is 11.2. The number of hydrogen-bond acceptors (Lipinski definition) is 2. The molecule has 1 aromatic rings. The molecule has 0 N–H and O–H groups in total. The van der Waals surface area contributed by atoms with Crippen LogP contribution in [0, 0.1) is 0 Å². The van der Waals surface area contributed by atoms with Crippen molar-refractivity contribution in [2.24, 2.45) is 0 Å². The first-order valence-electron chi connectivity index (χ1n) is 6.18. The summed E-state index contributed by atoms with van der Waals surface area (Å²) < 4.78 is 4.90. The van der Waals surface area contributed by atoms with Crippen LogP contribution in [0.25, 0.3) is 0 Å². The van der Waals surface area contributed by atoms with Gasteiger partial charge in [-0.2, -0.15) is 0 Å². The maximum absolute atomic E-state index is 11.2. The summed E-state index contributed by atoms with van der Waals surface area (Å²) in [6.07, 6.45) is 1.21. The van der Waals surface area contributed by atoms with Gasteiger partial charge in [-0.1, -0.05) is 45.0 Å². The molecule has 0 amide bonds. The van der Waals surface area contributed by atoms with Crippen LogP contribution in [0.3, 0.4) is 0 Å². The van der Waals surface area contributed by atoms with Crippen molar-refractivity contribution in [2.45, 2.75) is 46.0 Å². The van der Waals surface area contributed by atoms with E-state index in [1.54, 1.807) is 0 Å². The smallest absolute Gasteiger partial charge is 0.306 e. The standard InChI is InChI=1S/C15H22O2/c1-5-17-14(16)11-8-12-6-9-13(10-7-12)15(2,3)4/h6-7,9-10H,5,8,11H2,1-4H3. The summed E-state index contributed by atoms with van der Waals surface area (Å²) in [6.45, 7) is 8.87. The largest absolute Gasteiger partial charge is 0.466 e. The van der Waals surface area contributed by atoms with Gasteiger partial charge in [-0.15, -0.1) is 0 Å². The van der Waals surface area contributed by atoms with Crippen molar-refractivity contribution in [3.05, 3.63) is 35.4 Å². The first-order valence-corrected chi connectivity index (χ1v) is 6.18. The van der Waals surface area contributed by atoms with Crippen LogP contribution in [0.1, 0.15) is 45.2 Å². The summed E-state index contributed by atoms with van der Waals surface area (Å²) in [5.74, 6) is -0.118. The molecule has 0 aliphatic rings. The Morgan fingerprint density at radius 2 is 1.76 bits per heavy atom. The number of ether oxygens (including phenoxy) is 1. The Morgan fingerprint density at radius 3 is 2.24 bits per heavy atom. The normalized spacial score (nSPS) is 11.3. The van der Waals surface area contributed by atoms with E-state index in [2.05, 4.69) is 45.0 Å². The van der Waals surface area contributed by atoms with Crippen molar-refractivity contribution >= 4 is 5.97 Å². The molecule has 0 unspecified atom stereocenters. The van der Waals surface area contributed by atoms with Gasteiger partial charge < -0.3 is 4.74 Å². The highest BCUT2D eigenvalue weighted by Gasteiger charge is 2.12. The molecule has 0 saturated heterocycles. The molecule has 0 fully saturated rings. The van der Waals surface area contributed by atoms with Gasteiger partial charge in [-0.25, -0.2) is 0 Å². The van der Waals surface area contributed by atoms with E-state index >= 15 is 0 Å². The van der Waals surface area contributed by atoms with Gasteiger partial charge in [0.15, 0.2) is 0 Å².